The fourth-order valence-electron chi connectivity index (χ4n) is 2.77. The van der Waals surface area contributed by atoms with Gasteiger partial charge in [-0.25, -0.2) is 0 Å². The van der Waals surface area contributed by atoms with E-state index in [1.165, 1.54) is 44.9 Å². The Morgan fingerprint density at radius 2 is 1.64 bits per heavy atom. The number of nitrogens with two attached hydrogens (primary N) is 1. The third kappa shape index (κ3) is 1.44. The summed E-state index contributed by atoms with van der Waals surface area (Å²) in [5.74, 6) is 1.93. The van der Waals surface area contributed by atoms with Gasteiger partial charge in [0.2, 0.25) is 0 Å². The van der Waals surface area contributed by atoms with Crippen LogP contribution in [0, 0.1) is 11.8 Å². The topological polar surface area (TPSA) is 26.0 Å². The lowest BCUT2D eigenvalue weighted by atomic mass is 9.64. The Kier molecular flexibility index (Phi) is 2.17. The molecule has 0 heterocycles. The quantitative estimate of drug-likeness (QED) is 0.568. The maximum atomic E-state index is 5.95. The summed E-state index contributed by atoms with van der Waals surface area (Å²) in [5, 5.41) is 0. The molecule has 0 aromatic carbocycles. The summed E-state index contributed by atoms with van der Waals surface area (Å²) in [5.41, 5.74) is 5.95. The Morgan fingerprint density at radius 3 is 2.36 bits per heavy atom. The molecule has 2 aliphatic rings. The first-order valence-corrected chi connectivity index (χ1v) is 5.13. The normalized spacial score (nSPS) is 45.0. The van der Waals surface area contributed by atoms with Gasteiger partial charge in [-0.3, -0.25) is 0 Å². The second-order valence-corrected chi connectivity index (χ2v) is 4.32. The molecule has 64 valence electrons. The number of hydrogen-bond donors (Lipinski definition) is 1. The molecule has 2 saturated carbocycles. The van der Waals surface area contributed by atoms with Gasteiger partial charge in [-0.15, -0.1) is 0 Å². The van der Waals surface area contributed by atoms with E-state index in [4.69, 9.17) is 5.73 Å². The molecule has 2 aliphatic carbocycles. The third-order valence-electron chi connectivity index (χ3n) is 3.59. The van der Waals surface area contributed by atoms with E-state index >= 15 is 0 Å². The van der Waals surface area contributed by atoms with E-state index in [1.807, 2.05) is 0 Å². The summed E-state index contributed by atoms with van der Waals surface area (Å²) in [6, 6.07) is 0.568. The largest absolute Gasteiger partial charge is 0.327 e. The zero-order valence-corrected chi connectivity index (χ0v) is 7.26. The van der Waals surface area contributed by atoms with Gasteiger partial charge in [0.15, 0.2) is 0 Å². The molecule has 0 spiro atoms. The number of fused-ring (bicyclic) bond motifs is 1. The molecule has 0 amide bonds. The van der Waals surface area contributed by atoms with Gasteiger partial charge in [0.1, 0.15) is 0 Å². The fourth-order valence-corrected chi connectivity index (χ4v) is 2.77. The molecule has 0 aromatic rings. The van der Waals surface area contributed by atoms with Crippen molar-refractivity contribution < 1.29 is 0 Å². The van der Waals surface area contributed by atoms with Gasteiger partial charge >= 0.3 is 0 Å². The first-order chi connectivity index (χ1) is 5.38. The molecule has 0 bridgehead atoms. The molecule has 2 rings (SSSR count). The molecule has 3 atom stereocenters. The van der Waals surface area contributed by atoms with Crippen LogP contribution >= 0.6 is 0 Å². The van der Waals surface area contributed by atoms with Gasteiger partial charge in [-0.2, -0.15) is 0 Å². The van der Waals surface area contributed by atoms with E-state index in [-0.39, 0.29) is 0 Å². The van der Waals surface area contributed by atoms with Crippen molar-refractivity contribution in [2.75, 3.05) is 0 Å². The zero-order chi connectivity index (χ0) is 7.68. The lowest BCUT2D eigenvalue weighted by molar-refractivity contribution is 0.102. The van der Waals surface area contributed by atoms with Crippen molar-refractivity contribution in [1.82, 2.24) is 0 Å². The van der Waals surface area contributed by atoms with Crippen LogP contribution in [0.3, 0.4) is 0 Å². The molecule has 3 unspecified atom stereocenters. The highest BCUT2D eigenvalue weighted by molar-refractivity contribution is 4.92. The highest BCUT2D eigenvalue weighted by Gasteiger charge is 2.37. The van der Waals surface area contributed by atoms with Crippen LogP contribution in [0.5, 0.6) is 0 Å². The van der Waals surface area contributed by atoms with Crippen molar-refractivity contribution in [3.05, 3.63) is 0 Å². The van der Waals surface area contributed by atoms with Crippen molar-refractivity contribution in [1.29, 1.82) is 0 Å². The maximum Gasteiger partial charge on any atom is 0.00725 e. The fraction of sp³-hybridized carbons (Fsp3) is 1.00. The summed E-state index contributed by atoms with van der Waals surface area (Å²) in [6.45, 7) is 0. The summed E-state index contributed by atoms with van der Waals surface area (Å²) < 4.78 is 0. The highest BCUT2D eigenvalue weighted by atomic mass is 14.7. The van der Waals surface area contributed by atoms with Crippen LogP contribution in [-0.4, -0.2) is 6.04 Å². The maximum absolute atomic E-state index is 5.95. The van der Waals surface area contributed by atoms with Gasteiger partial charge in [-0.05, 0) is 24.7 Å². The molecular formula is C10H19N. The standard InChI is InChI=1S/C10H19N/c11-10-7-8-5-3-1-2-4-6-9(8)10/h8-10H,1-7,11H2. The average molecular weight is 153 g/mol. The van der Waals surface area contributed by atoms with Crippen LogP contribution in [-0.2, 0) is 0 Å². The lowest BCUT2D eigenvalue weighted by Crippen LogP contribution is -2.47. The Bertz CT molecular complexity index is 133. The minimum absolute atomic E-state index is 0.568. The Balaban J connectivity index is 1.87. The molecule has 2 N–H and O–H groups in total. The van der Waals surface area contributed by atoms with Crippen LogP contribution in [0.1, 0.15) is 44.9 Å². The van der Waals surface area contributed by atoms with Crippen molar-refractivity contribution in [3.63, 3.8) is 0 Å². The smallest absolute Gasteiger partial charge is 0.00725 e. The molecule has 0 radical (unpaired) electrons. The Labute approximate surface area is 69.4 Å². The average Bonchev–Trinajstić information content (AvgIpc) is 1.96. The first kappa shape index (κ1) is 7.60. The van der Waals surface area contributed by atoms with E-state index in [0.717, 1.165) is 11.8 Å². The van der Waals surface area contributed by atoms with Crippen molar-refractivity contribution in [2.24, 2.45) is 17.6 Å². The molecule has 0 aliphatic heterocycles. The van der Waals surface area contributed by atoms with Gasteiger partial charge in [0.05, 0.1) is 0 Å². The Hall–Kier alpha value is -0.0400. The van der Waals surface area contributed by atoms with E-state index < -0.39 is 0 Å². The van der Waals surface area contributed by atoms with Gasteiger partial charge in [0.25, 0.3) is 0 Å². The van der Waals surface area contributed by atoms with E-state index in [9.17, 15) is 0 Å². The molecule has 1 heteroatoms. The lowest BCUT2D eigenvalue weighted by Gasteiger charge is -2.44. The molecule has 1 nitrogen and oxygen atoms in total. The van der Waals surface area contributed by atoms with Gasteiger partial charge in [-0.1, -0.05) is 32.1 Å². The zero-order valence-electron chi connectivity index (χ0n) is 7.26. The highest BCUT2D eigenvalue weighted by Crippen LogP contribution is 2.41. The van der Waals surface area contributed by atoms with Crippen molar-refractivity contribution in [3.8, 4) is 0 Å². The minimum atomic E-state index is 0.568. The summed E-state index contributed by atoms with van der Waals surface area (Å²) in [6.07, 6.45) is 10.0. The van der Waals surface area contributed by atoms with Crippen LogP contribution < -0.4 is 5.73 Å². The second kappa shape index (κ2) is 3.14. The summed E-state index contributed by atoms with van der Waals surface area (Å²) in [4.78, 5) is 0. The number of rotatable bonds is 0. The molecule has 11 heavy (non-hydrogen) atoms. The van der Waals surface area contributed by atoms with Crippen molar-refractivity contribution >= 4 is 0 Å². The molecule has 0 saturated heterocycles. The third-order valence-corrected chi connectivity index (χ3v) is 3.59. The summed E-state index contributed by atoms with van der Waals surface area (Å²) >= 11 is 0. The second-order valence-electron chi connectivity index (χ2n) is 4.32. The predicted molar refractivity (Wildman–Crippen MR) is 47.3 cm³/mol. The van der Waals surface area contributed by atoms with E-state index in [0.29, 0.717) is 6.04 Å². The molecule has 2 fully saturated rings. The minimum Gasteiger partial charge on any atom is -0.327 e. The van der Waals surface area contributed by atoms with Gasteiger partial charge in [0, 0.05) is 6.04 Å². The van der Waals surface area contributed by atoms with Crippen LogP contribution in [0.2, 0.25) is 0 Å². The SMILES string of the molecule is NC1CC2CCCCCCC12. The molecule has 0 aromatic heterocycles. The van der Waals surface area contributed by atoms with Crippen LogP contribution in [0.4, 0.5) is 0 Å². The predicted octanol–water partition coefficient (Wildman–Crippen LogP) is 2.30. The van der Waals surface area contributed by atoms with Crippen LogP contribution in [0.15, 0.2) is 0 Å². The monoisotopic (exact) mass is 153 g/mol. The van der Waals surface area contributed by atoms with Gasteiger partial charge < -0.3 is 5.73 Å². The first-order valence-electron chi connectivity index (χ1n) is 5.13. The summed E-state index contributed by atoms with van der Waals surface area (Å²) in [7, 11) is 0. The number of hydrogen-bond acceptors (Lipinski definition) is 1. The van der Waals surface area contributed by atoms with E-state index in [2.05, 4.69) is 0 Å². The Morgan fingerprint density at radius 1 is 0.909 bits per heavy atom. The van der Waals surface area contributed by atoms with Crippen molar-refractivity contribution in [2.45, 2.75) is 51.0 Å². The van der Waals surface area contributed by atoms with Crippen LogP contribution in [0.25, 0.3) is 0 Å². The molecular weight excluding hydrogens is 134 g/mol. The van der Waals surface area contributed by atoms with E-state index in [1.54, 1.807) is 0 Å².